The van der Waals surface area contributed by atoms with Crippen molar-refractivity contribution in [3.8, 4) is 11.3 Å². The Morgan fingerprint density at radius 3 is 1.97 bits per heavy atom. The van der Waals surface area contributed by atoms with Gasteiger partial charge in [-0.2, -0.15) is 0 Å². The number of hydrogen-bond donors (Lipinski definition) is 0. The minimum Gasteiger partial charge on any atom is -0.355 e. The van der Waals surface area contributed by atoms with Crippen LogP contribution in [0.15, 0.2) is 36.4 Å². The molecule has 0 N–H and O–H groups in total. The Hall–Kier alpha value is -1.94. The number of nitrogens with zero attached hydrogens (tertiary/aromatic N) is 4. The summed E-state index contributed by atoms with van der Waals surface area (Å²) in [4.78, 5) is 5.22. The van der Waals surface area contributed by atoms with Crippen molar-refractivity contribution in [1.82, 2.24) is 15.1 Å². The molecule has 4 heteroatoms. The van der Waals surface area contributed by atoms with Crippen LogP contribution in [0, 0.1) is 5.41 Å². The molecule has 5 rings (SSSR count). The lowest BCUT2D eigenvalue weighted by molar-refractivity contribution is 0.0305. The number of hydrogen-bond acceptors (Lipinski definition) is 4. The van der Waals surface area contributed by atoms with Gasteiger partial charge in [-0.3, -0.25) is 0 Å². The van der Waals surface area contributed by atoms with Gasteiger partial charge in [0.2, 0.25) is 0 Å². The van der Waals surface area contributed by atoms with Crippen molar-refractivity contribution < 1.29 is 0 Å². The Morgan fingerprint density at radius 1 is 0.806 bits per heavy atom. The molecular formula is C27H38N4. The van der Waals surface area contributed by atoms with E-state index in [1.54, 1.807) is 0 Å². The summed E-state index contributed by atoms with van der Waals surface area (Å²) in [5.41, 5.74) is 4.21. The molecule has 4 nitrogen and oxygen atoms in total. The highest BCUT2D eigenvalue weighted by atomic mass is 15.3. The standard InChI is InChI=1S/C27H38N4/c1-26(2,3)22-9-7-21(8-10-22)24-11-12-25(29-28-24)31-19-15-27(16-20-31)13-17-30(18-14-27)23-5-4-6-23/h7-12,23H,4-6,13-20H2,1-3H3. The van der Waals surface area contributed by atoms with Crippen LogP contribution in [0.1, 0.15) is 71.3 Å². The zero-order chi connectivity index (χ0) is 21.5. The first-order valence-corrected chi connectivity index (χ1v) is 12.4. The molecule has 2 saturated heterocycles. The quantitative estimate of drug-likeness (QED) is 0.642. The lowest BCUT2D eigenvalue weighted by Crippen LogP contribution is -2.51. The third kappa shape index (κ3) is 4.37. The lowest BCUT2D eigenvalue weighted by atomic mass is 9.70. The summed E-state index contributed by atoms with van der Waals surface area (Å²) in [5.74, 6) is 1.04. The smallest absolute Gasteiger partial charge is 0.151 e. The maximum atomic E-state index is 4.61. The largest absolute Gasteiger partial charge is 0.355 e. The van der Waals surface area contributed by atoms with Crippen LogP contribution in [0.25, 0.3) is 11.3 Å². The average Bonchev–Trinajstić information content (AvgIpc) is 2.75. The number of piperidine rings is 2. The minimum absolute atomic E-state index is 0.174. The molecule has 2 aliphatic heterocycles. The first kappa shape index (κ1) is 20.9. The third-order valence-corrected chi connectivity index (χ3v) is 8.30. The van der Waals surface area contributed by atoms with Crippen LogP contribution in [-0.4, -0.2) is 47.3 Å². The van der Waals surface area contributed by atoms with Crippen molar-refractivity contribution in [2.24, 2.45) is 5.41 Å². The normalized spacial score (nSPS) is 22.5. The van der Waals surface area contributed by atoms with Crippen LogP contribution in [0.3, 0.4) is 0 Å². The van der Waals surface area contributed by atoms with Crippen molar-refractivity contribution in [3.05, 3.63) is 42.0 Å². The molecule has 3 aliphatic rings. The maximum Gasteiger partial charge on any atom is 0.151 e. The molecule has 3 heterocycles. The minimum atomic E-state index is 0.174. The van der Waals surface area contributed by atoms with Crippen LogP contribution < -0.4 is 4.90 Å². The van der Waals surface area contributed by atoms with Crippen molar-refractivity contribution in [1.29, 1.82) is 0 Å². The van der Waals surface area contributed by atoms with Gasteiger partial charge in [-0.05, 0) is 80.1 Å². The van der Waals surface area contributed by atoms with Gasteiger partial charge in [0.25, 0.3) is 0 Å². The Balaban J connectivity index is 1.18. The summed E-state index contributed by atoms with van der Waals surface area (Å²) >= 11 is 0. The van der Waals surface area contributed by atoms with Gasteiger partial charge in [0.05, 0.1) is 5.69 Å². The van der Waals surface area contributed by atoms with E-state index in [1.807, 2.05) is 0 Å². The number of rotatable bonds is 3. The fraction of sp³-hybridized carbons (Fsp3) is 0.630. The van der Waals surface area contributed by atoms with E-state index < -0.39 is 0 Å². The Kier molecular flexibility index (Phi) is 5.54. The van der Waals surface area contributed by atoms with Crippen molar-refractivity contribution in [2.45, 2.75) is 77.2 Å². The Labute approximate surface area is 188 Å². The van der Waals surface area contributed by atoms with Gasteiger partial charge in [-0.15, -0.1) is 10.2 Å². The van der Waals surface area contributed by atoms with Crippen LogP contribution in [0.5, 0.6) is 0 Å². The van der Waals surface area contributed by atoms with Gasteiger partial charge < -0.3 is 9.80 Å². The van der Waals surface area contributed by atoms with E-state index in [9.17, 15) is 0 Å². The molecule has 1 aliphatic carbocycles. The Morgan fingerprint density at radius 2 is 1.45 bits per heavy atom. The van der Waals surface area contributed by atoms with E-state index in [0.29, 0.717) is 5.41 Å². The number of benzene rings is 1. The molecule has 0 amide bonds. The second-order valence-corrected chi connectivity index (χ2v) is 11.2. The topological polar surface area (TPSA) is 32.3 Å². The zero-order valence-electron chi connectivity index (χ0n) is 19.6. The van der Waals surface area contributed by atoms with E-state index in [2.05, 4.69) is 77.2 Å². The van der Waals surface area contributed by atoms with E-state index in [4.69, 9.17) is 0 Å². The summed E-state index contributed by atoms with van der Waals surface area (Å²) in [6.07, 6.45) is 9.74. The predicted molar refractivity (Wildman–Crippen MR) is 128 cm³/mol. The fourth-order valence-corrected chi connectivity index (χ4v) is 5.61. The monoisotopic (exact) mass is 418 g/mol. The number of likely N-dealkylation sites (tertiary alicyclic amines) is 1. The third-order valence-electron chi connectivity index (χ3n) is 8.30. The highest BCUT2D eigenvalue weighted by molar-refractivity contribution is 5.60. The van der Waals surface area contributed by atoms with Crippen LogP contribution >= 0.6 is 0 Å². The number of aromatic nitrogens is 2. The zero-order valence-corrected chi connectivity index (χ0v) is 19.6. The van der Waals surface area contributed by atoms with Gasteiger partial charge in [0.1, 0.15) is 0 Å². The lowest BCUT2D eigenvalue weighted by Gasteiger charge is -2.50. The highest BCUT2D eigenvalue weighted by Gasteiger charge is 2.39. The molecule has 0 radical (unpaired) electrons. The molecule has 31 heavy (non-hydrogen) atoms. The Bertz CT molecular complexity index is 859. The van der Waals surface area contributed by atoms with Gasteiger partial charge in [-0.25, -0.2) is 0 Å². The molecule has 1 aromatic heterocycles. The summed E-state index contributed by atoms with van der Waals surface area (Å²) in [6, 6.07) is 14.0. The second kappa shape index (κ2) is 8.20. The van der Waals surface area contributed by atoms with Crippen LogP contribution in [-0.2, 0) is 5.41 Å². The van der Waals surface area contributed by atoms with Gasteiger partial charge in [-0.1, -0.05) is 51.5 Å². The highest BCUT2D eigenvalue weighted by Crippen LogP contribution is 2.43. The average molecular weight is 419 g/mol. The molecule has 1 saturated carbocycles. The van der Waals surface area contributed by atoms with Gasteiger partial charge in [0.15, 0.2) is 5.82 Å². The molecule has 166 valence electrons. The van der Waals surface area contributed by atoms with Gasteiger partial charge in [0, 0.05) is 24.7 Å². The summed E-state index contributed by atoms with van der Waals surface area (Å²) < 4.78 is 0. The van der Waals surface area contributed by atoms with E-state index >= 15 is 0 Å². The summed E-state index contributed by atoms with van der Waals surface area (Å²) in [5, 5.41) is 9.17. The van der Waals surface area contributed by atoms with Crippen molar-refractivity contribution in [2.75, 3.05) is 31.1 Å². The maximum absolute atomic E-state index is 4.61. The molecule has 3 fully saturated rings. The van der Waals surface area contributed by atoms with Crippen LogP contribution in [0.4, 0.5) is 5.82 Å². The first-order valence-electron chi connectivity index (χ1n) is 12.4. The molecule has 1 aromatic carbocycles. The molecule has 2 aromatic rings. The molecule has 0 bridgehead atoms. The first-order chi connectivity index (χ1) is 14.9. The molecular weight excluding hydrogens is 380 g/mol. The predicted octanol–water partition coefficient (Wildman–Crippen LogP) is 5.68. The molecule has 1 spiro atoms. The van der Waals surface area contributed by atoms with Crippen molar-refractivity contribution >= 4 is 5.82 Å². The number of anilines is 1. The summed E-state index contributed by atoms with van der Waals surface area (Å²) in [6.45, 7) is 11.6. The molecule has 0 unspecified atom stereocenters. The van der Waals surface area contributed by atoms with E-state index in [-0.39, 0.29) is 5.41 Å². The van der Waals surface area contributed by atoms with Crippen LogP contribution in [0.2, 0.25) is 0 Å². The fourth-order valence-electron chi connectivity index (χ4n) is 5.61. The second-order valence-electron chi connectivity index (χ2n) is 11.2. The van der Waals surface area contributed by atoms with E-state index in [1.165, 1.54) is 63.6 Å². The summed E-state index contributed by atoms with van der Waals surface area (Å²) in [7, 11) is 0. The van der Waals surface area contributed by atoms with Crippen molar-refractivity contribution in [3.63, 3.8) is 0 Å². The molecule has 0 atom stereocenters. The SMILES string of the molecule is CC(C)(C)c1ccc(-c2ccc(N3CCC4(CC3)CCN(C3CCC3)CC4)nn2)cc1. The van der Waals surface area contributed by atoms with Gasteiger partial charge >= 0.3 is 0 Å². The van der Waals surface area contributed by atoms with E-state index in [0.717, 1.165) is 36.2 Å².